The fraction of sp³-hybridized carbons (Fsp3) is 0.0769. The molecule has 2 heterocycles. The number of nitrogens with two attached hydrogens (primary N) is 1. The minimum atomic E-state index is 0.340. The van der Waals surface area contributed by atoms with Crippen molar-refractivity contribution in [3.8, 4) is 11.3 Å². The molecule has 0 aliphatic rings. The summed E-state index contributed by atoms with van der Waals surface area (Å²) in [6.45, 7) is 0.340. The molecule has 2 N–H and O–H groups in total. The molecule has 0 saturated heterocycles. The molecule has 3 nitrogen and oxygen atoms in total. The van der Waals surface area contributed by atoms with Gasteiger partial charge >= 0.3 is 0 Å². The van der Waals surface area contributed by atoms with Gasteiger partial charge in [0.1, 0.15) is 11.5 Å². The summed E-state index contributed by atoms with van der Waals surface area (Å²) in [4.78, 5) is 0. The average Bonchev–Trinajstić information content (AvgIpc) is 2.94. The van der Waals surface area contributed by atoms with E-state index in [1.54, 1.807) is 12.3 Å². The van der Waals surface area contributed by atoms with Gasteiger partial charge < -0.3 is 14.6 Å². The first-order valence-corrected chi connectivity index (χ1v) is 5.62. The summed E-state index contributed by atoms with van der Waals surface area (Å²) in [5, 5.41) is 1.57. The molecule has 86 valence electrons. The highest BCUT2D eigenvalue weighted by Gasteiger charge is 2.13. The van der Waals surface area contributed by atoms with Crippen LogP contribution in [0.25, 0.3) is 22.3 Å². The summed E-state index contributed by atoms with van der Waals surface area (Å²) in [5.74, 6) is 1.43. The van der Waals surface area contributed by atoms with Gasteiger partial charge in [-0.05, 0) is 18.2 Å². The number of furan rings is 2. The Morgan fingerprint density at radius 1 is 1.24 bits per heavy atom. The smallest absolute Gasteiger partial charge is 0.153 e. The number of benzene rings is 1. The van der Waals surface area contributed by atoms with Crippen molar-refractivity contribution in [2.24, 2.45) is 5.73 Å². The first-order valence-electron chi connectivity index (χ1n) is 5.24. The fourth-order valence-electron chi connectivity index (χ4n) is 1.88. The van der Waals surface area contributed by atoms with E-state index in [0.29, 0.717) is 22.9 Å². The van der Waals surface area contributed by atoms with Crippen LogP contribution in [-0.2, 0) is 6.54 Å². The first kappa shape index (κ1) is 10.4. The van der Waals surface area contributed by atoms with E-state index >= 15 is 0 Å². The van der Waals surface area contributed by atoms with Gasteiger partial charge in [0.15, 0.2) is 5.58 Å². The van der Waals surface area contributed by atoms with Gasteiger partial charge in [-0.2, -0.15) is 0 Å². The minimum absolute atomic E-state index is 0.340. The van der Waals surface area contributed by atoms with Crippen molar-refractivity contribution in [3.63, 3.8) is 0 Å². The van der Waals surface area contributed by atoms with Gasteiger partial charge in [0.25, 0.3) is 0 Å². The molecule has 0 aliphatic carbocycles. The zero-order valence-corrected chi connectivity index (χ0v) is 9.70. The number of halogens is 1. The van der Waals surface area contributed by atoms with Gasteiger partial charge in [-0.3, -0.25) is 0 Å². The van der Waals surface area contributed by atoms with Gasteiger partial charge in [-0.25, -0.2) is 0 Å². The van der Waals surface area contributed by atoms with Crippen molar-refractivity contribution in [1.82, 2.24) is 0 Å². The Kier molecular flexibility index (Phi) is 2.42. The predicted octanol–water partition coefficient (Wildman–Crippen LogP) is 3.80. The van der Waals surface area contributed by atoms with Gasteiger partial charge in [0, 0.05) is 5.39 Å². The molecule has 0 atom stereocenters. The Morgan fingerprint density at radius 2 is 2.12 bits per heavy atom. The van der Waals surface area contributed by atoms with Crippen molar-refractivity contribution >= 4 is 22.6 Å². The molecule has 3 rings (SSSR count). The number of para-hydroxylation sites is 1. The molecule has 4 heteroatoms. The molecule has 17 heavy (non-hydrogen) atoms. The Bertz CT molecular complexity index is 669. The first-order chi connectivity index (χ1) is 8.29. The van der Waals surface area contributed by atoms with Crippen LogP contribution in [-0.4, -0.2) is 0 Å². The van der Waals surface area contributed by atoms with Gasteiger partial charge in [0.2, 0.25) is 0 Å². The van der Waals surface area contributed by atoms with E-state index in [4.69, 9.17) is 26.2 Å². The highest BCUT2D eigenvalue weighted by atomic mass is 35.5. The topological polar surface area (TPSA) is 52.3 Å². The molecule has 0 amide bonds. The summed E-state index contributed by atoms with van der Waals surface area (Å²) in [7, 11) is 0. The third-order valence-electron chi connectivity index (χ3n) is 2.69. The lowest BCUT2D eigenvalue weighted by molar-refractivity contribution is 0.511. The molecule has 3 aromatic rings. The molecule has 0 spiro atoms. The largest absolute Gasteiger partial charge is 0.467 e. The summed E-state index contributed by atoms with van der Waals surface area (Å²) >= 11 is 6.06. The quantitative estimate of drug-likeness (QED) is 0.749. The van der Waals surface area contributed by atoms with E-state index in [-0.39, 0.29) is 0 Å². The second-order valence-corrected chi connectivity index (χ2v) is 4.14. The van der Waals surface area contributed by atoms with Crippen molar-refractivity contribution in [2.45, 2.75) is 6.54 Å². The monoisotopic (exact) mass is 247 g/mol. The lowest BCUT2D eigenvalue weighted by Gasteiger charge is -1.95. The van der Waals surface area contributed by atoms with Crippen LogP contribution in [0.5, 0.6) is 0 Å². The van der Waals surface area contributed by atoms with E-state index in [1.165, 1.54) is 0 Å². The summed E-state index contributed by atoms with van der Waals surface area (Å²) in [5.41, 5.74) is 7.16. The normalized spacial score (nSPS) is 11.2. The van der Waals surface area contributed by atoms with Crippen LogP contribution < -0.4 is 5.73 Å². The lowest BCUT2D eigenvalue weighted by atomic mass is 10.2. The maximum absolute atomic E-state index is 6.06. The van der Waals surface area contributed by atoms with Crippen LogP contribution in [0.4, 0.5) is 0 Å². The van der Waals surface area contributed by atoms with Crippen molar-refractivity contribution in [2.75, 3.05) is 0 Å². The van der Waals surface area contributed by atoms with Crippen LogP contribution in [0.15, 0.2) is 45.4 Å². The molecule has 0 fully saturated rings. The third kappa shape index (κ3) is 1.64. The van der Waals surface area contributed by atoms with Gasteiger partial charge in [-0.1, -0.05) is 23.7 Å². The predicted molar refractivity (Wildman–Crippen MR) is 66.8 cm³/mol. The highest BCUT2D eigenvalue weighted by molar-refractivity contribution is 6.34. The van der Waals surface area contributed by atoms with Crippen LogP contribution in [0, 0.1) is 0 Å². The Balaban J connectivity index is 2.22. The Hall–Kier alpha value is -1.71. The molecule has 1 aromatic carbocycles. The lowest BCUT2D eigenvalue weighted by Crippen LogP contribution is -1.95. The maximum Gasteiger partial charge on any atom is 0.153 e. The van der Waals surface area contributed by atoms with Gasteiger partial charge in [0.05, 0.1) is 23.4 Å². The van der Waals surface area contributed by atoms with Crippen LogP contribution in [0.1, 0.15) is 5.76 Å². The second-order valence-electron chi connectivity index (χ2n) is 3.73. The van der Waals surface area contributed by atoms with E-state index in [2.05, 4.69) is 0 Å². The average molecular weight is 248 g/mol. The molecule has 0 bridgehead atoms. The second kappa shape index (κ2) is 3.95. The maximum atomic E-state index is 6.06. The molecule has 0 unspecified atom stereocenters. The number of fused-ring (bicyclic) bond motifs is 1. The minimum Gasteiger partial charge on any atom is -0.467 e. The highest BCUT2D eigenvalue weighted by Crippen LogP contribution is 2.33. The Morgan fingerprint density at radius 3 is 2.88 bits per heavy atom. The number of rotatable bonds is 2. The molecule has 0 aliphatic heterocycles. The SMILES string of the molecule is NCc1occc1-c1cc2cccc(Cl)c2o1. The molecule has 2 aromatic heterocycles. The zero-order chi connectivity index (χ0) is 11.8. The van der Waals surface area contributed by atoms with E-state index in [0.717, 1.165) is 16.7 Å². The summed E-state index contributed by atoms with van der Waals surface area (Å²) in [6, 6.07) is 9.43. The van der Waals surface area contributed by atoms with E-state index in [9.17, 15) is 0 Å². The van der Waals surface area contributed by atoms with Crippen molar-refractivity contribution in [1.29, 1.82) is 0 Å². The number of hydrogen-bond donors (Lipinski definition) is 1. The summed E-state index contributed by atoms with van der Waals surface area (Å²) < 4.78 is 11.0. The third-order valence-corrected chi connectivity index (χ3v) is 2.99. The standard InChI is InChI=1S/C13H10ClNO2/c14-10-3-1-2-8-6-11(17-13(8)10)9-4-5-16-12(9)7-15/h1-6H,7,15H2. The Labute approximate surface area is 103 Å². The molecular formula is C13H10ClNO2. The van der Waals surface area contributed by atoms with Gasteiger partial charge in [-0.15, -0.1) is 0 Å². The number of hydrogen-bond acceptors (Lipinski definition) is 3. The molecule has 0 saturated carbocycles. The van der Waals surface area contributed by atoms with Crippen molar-refractivity contribution in [3.05, 3.63) is 47.4 Å². The molecule has 0 radical (unpaired) electrons. The van der Waals surface area contributed by atoms with Crippen molar-refractivity contribution < 1.29 is 8.83 Å². The van der Waals surface area contributed by atoms with Crippen LogP contribution in [0.3, 0.4) is 0 Å². The summed E-state index contributed by atoms with van der Waals surface area (Å²) in [6.07, 6.45) is 1.60. The zero-order valence-electron chi connectivity index (χ0n) is 8.94. The van der Waals surface area contributed by atoms with E-state index in [1.807, 2.05) is 24.3 Å². The fourth-order valence-corrected chi connectivity index (χ4v) is 2.10. The van der Waals surface area contributed by atoms with Crippen LogP contribution >= 0.6 is 11.6 Å². The van der Waals surface area contributed by atoms with E-state index < -0.39 is 0 Å². The molecular weight excluding hydrogens is 238 g/mol. The van der Waals surface area contributed by atoms with Crippen LogP contribution in [0.2, 0.25) is 5.02 Å².